The van der Waals surface area contributed by atoms with E-state index in [1.807, 2.05) is 13.2 Å². The van der Waals surface area contributed by atoms with Crippen molar-refractivity contribution in [1.29, 1.82) is 0 Å². The molecule has 1 N–H and O–H groups in total. The Bertz CT molecular complexity index is 805. The molecule has 0 bridgehead atoms. The highest BCUT2D eigenvalue weighted by atomic mass is 35.5. The predicted molar refractivity (Wildman–Crippen MR) is 97.9 cm³/mol. The maximum atomic E-state index is 4.54. The summed E-state index contributed by atoms with van der Waals surface area (Å²) in [5.74, 6) is 0.850. The second kappa shape index (κ2) is 6.73. The van der Waals surface area contributed by atoms with E-state index in [-0.39, 0.29) is 12.4 Å². The largest absolute Gasteiger partial charge is 0.316 e. The van der Waals surface area contributed by atoms with Crippen molar-refractivity contribution in [2.45, 2.75) is 25.9 Å². The van der Waals surface area contributed by atoms with Crippen molar-refractivity contribution in [3.05, 3.63) is 54.4 Å². The highest BCUT2D eigenvalue weighted by Crippen LogP contribution is 2.33. The summed E-state index contributed by atoms with van der Waals surface area (Å²) in [4.78, 5) is 0. The molecule has 1 heterocycles. The van der Waals surface area contributed by atoms with Crippen LogP contribution in [0, 0.1) is 5.92 Å². The molecule has 0 atom stereocenters. The van der Waals surface area contributed by atoms with E-state index in [0.717, 1.165) is 19.0 Å². The quantitative estimate of drug-likeness (QED) is 0.759. The standard InChI is InChI=1S/C19H21N3.ClH/c1-20-10-15-8-9-18(19-5-3-2-4-17(15)19)16-11-21-22(13-16)12-14-6-7-14;/h2-5,8-9,11,13-14,20H,6-7,10,12H2,1H3;1H. The van der Waals surface area contributed by atoms with Crippen molar-refractivity contribution in [2.24, 2.45) is 5.92 Å². The molecule has 3 nitrogen and oxygen atoms in total. The van der Waals surface area contributed by atoms with Crippen LogP contribution in [0.4, 0.5) is 0 Å². The Balaban J connectivity index is 0.00000156. The van der Waals surface area contributed by atoms with Crippen LogP contribution in [-0.4, -0.2) is 16.8 Å². The molecule has 1 aliphatic carbocycles. The van der Waals surface area contributed by atoms with E-state index < -0.39 is 0 Å². The molecule has 0 unspecified atom stereocenters. The normalized spacial score (nSPS) is 14.0. The molecule has 1 aliphatic rings. The average Bonchev–Trinajstić information content (AvgIpc) is 3.24. The summed E-state index contributed by atoms with van der Waals surface area (Å²) in [5.41, 5.74) is 3.83. The Morgan fingerprint density at radius 1 is 1.13 bits per heavy atom. The Labute approximate surface area is 143 Å². The third-order valence-corrected chi connectivity index (χ3v) is 4.47. The lowest BCUT2D eigenvalue weighted by molar-refractivity contribution is 0.563. The van der Waals surface area contributed by atoms with E-state index in [0.29, 0.717) is 0 Å². The van der Waals surface area contributed by atoms with Gasteiger partial charge in [-0.15, -0.1) is 12.4 Å². The van der Waals surface area contributed by atoms with Gasteiger partial charge < -0.3 is 5.32 Å². The van der Waals surface area contributed by atoms with Gasteiger partial charge in [0.2, 0.25) is 0 Å². The summed E-state index contributed by atoms with van der Waals surface area (Å²) in [6, 6.07) is 13.1. The van der Waals surface area contributed by atoms with E-state index in [1.165, 1.54) is 40.3 Å². The molecular weight excluding hydrogens is 306 g/mol. The van der Waals surface area contributed by atoms with Crippen LogP contribution < -0.4 is 5.32 Å². The predicted octanol–water partition coefficient (Wildman–Crippen LogP) is 4.25. The van der Waals surface area contributed by atoms with Crippen LogP contribution in [0.25, 0.3) is 21.9 Å². The molecule has 0 saturated heterocycles. The van der Waals surface area contributed by atoms with Gasteiger partial charge in [-0.2, -0.15) is 5.10 Å². The first kappa shape index (κ1) is 16.0. The summed E-state index contributed by atoms with van der Waals surface area (Å²) in [7, 11) is 1.99. The van der Waals surface area contributed by atoms with E-state index in [2.05, 4.69) is 57.7 Å². The fourth-order valence-corrected chi connectivity index (χ4v) is 3.13. The minimum absolute atomic E-state index is 0. The number of nitrogens with zero attached hydrogens (tertiary/aromatic N) is 2. The van der Waals surface area contributed by atoms with Gasteiger partial charge in [0.05, 0.1) is 6.20 Å². The Hall–Kier alpha value is -1.84. The summed E-state index contributed by atoms with van der Waals surface area (Å²) in [6.07, 6.45) is 6.91. The molecule has 120 valence electrons. The summed E-state index contributed by atoms with van der Waals surface area (Å²) in [6.45, 7) is 1.96. The van der Waals surface area contributed by atoms with Gasteiger partial charge in [0.15, 0.2) is 0 Å². The number of hydrogen-bond donors (Lipinski definition) is 1. The SMILES string of the molecule is CNCc1ccc(-c2cnn(CC3CC3)c2)c2ccccc12.Cl. The summed E-state index contributed by atoms with van der Waals surface area (Å²) < 4.78 is 2.10. The van der Waals surface area contributed by atoms with E-state index in [1.54, 1.807) is 0 Å². The number of benzene rings is 2. The molecule has 3 aromatic rings. The van der Waals surface area contributed by atoms with Crippen molar-refractivity contribution in [3.63, 3.8) is 0 Å². The van der Waals surface area contributed by atoms with Crippen LogP contribution in [0.1, 0.15) is 18.4 Å². The van der Waals surface area contributed by atoms with Crippen molar-refractivity contribution in [1.82, 2.24) is 15.1 Å². The van der Waals surface area contributed by atoms with Crippen LogP contribution >= 0.6 is 12.4 Å². The molecule has 1 saturated carbocycles. The number of aromatic nitrogens is 2. The van der Waals surface area contributed by atoms with Crippen LogP contribution in [0.15, 0.2) is 48.8 Å². The zero-order valence-corrected chi connectivity index (χ0v) is 14.1. The summed E-state index contributed by atoms with van der Waals surface area (Å²) >= 11 is 0. The molecule has 2 aromatic carbocycles. The second-order valence-corrected chi connectivity index (χ2v) is 6.24. The van der Waals surface area contributed by atoms with E-state index in [4.69, 9.17) is 0 Å². The maximum absolute atomic E-state index is 4.54. The molecule has 0 radical (unpaired) electrons. The molecule has 0 aliphatic heterocycles. The summed E-state index contributed by atoms with van der Waals surface area (Å²) in [5, 5.41) is 10.4. The molecule has 23 heavy (non-hydrogen) atoms. The topological polar surface area (TPSA) is 29.9 Å². The second-order valence-electron chi connectivity index (χ2n) is 6.24. The smallest absolute Gasteiger partial charge is 0.0568 e. The molecule has 4 rings (SSSR count). The Kier molecular flexibility index (Phi) is 4.69. The molecule has 4 heteroatoms. The third kappa shape index (κ3) is 3.26. The fraction of sp³-hybridized carbons (Fsp3) is 0.316. The minimum Gasteiger partial charge on any atom is -0.316 e. The van der Waals surface area contributed by atoms with Crippen LogP contribution in [0.5, 0.6) is 0 Å². The van der Waals surface area contributed by atoms with Gasteiger partial charge in [0, 0.05) is 24.8 Å². The van der Waals surface area contributed by atoms with Gasteiger partial charge in [-0.05, 0) is 47.7 Å². The van der Waals surface area contributed by atoms with Gasteiger partial charge >= 0.3 is 0 Å². The van der Waals surface area contributed by atoms with Crippen molar-refractivity contribution in [2.75, 3.05) is 7.05 Å². The minimum atomic E-state index is 0. The molecule has 0 spiro atoms. The lowest BCUT2D eigenvalue weighted by Gasteiger charge is -2.10. The number of nitrogens with one attached hydrogen (secondary N) is 1. The van der Waals surface area contributed by atoms with Crippen molar-refractivity contribution >= 4 is 23.2 Å². The number of hydrogen-bond acceptors (Lipinski definition) is 2. The van der Waals surface area contributed by atoms with Gasteiger partial charge in [0.1, 0.15) is 0 Å². The van der Waals surface area contributed by atoms with Gasteiger partial charge in [0.25, 0.3) is 0 Å². The maximum Gasteiger partial charge on any atom is 0.0568 e. The van der Waals surface area contributed by atoms with Crippen LogP contribution in [-0.2, 0) is 13.1 Å². The highest BCUT2D eigenvalue weighted by molar-refractivity contribution is 5.98. The first-order valence-corrected chi connectivity index (χ1v) is 8.03. The zero-order chi connectivity index (χ0) is 14.9. The molecule has 0 amide bonds. The number of halogens is 1. The monoisotopic (exact) mass is 327 g/mol. The number of fused-ring (bicyclic) bond motifs is 1. The van der Waals surface area contributed by atoms with Crippen molar-refractivity contribution in [3.8, 4) is 11.1 Å². The Morgan fingerprint density at radius 2 is 1.91 bits per heavy atom. The molecule has 1 fully saturated rings. The molecule has 1 aromatic heterocycles. The van der Waals surface area contributed by atoms with Crippen LogP contribution in [0.3, 0.4) is 0 Å². The van der Waals surface area contributed by atoms with Crippen molar-refractivity contribution < 1.29 is 0 Å². The van der Waals surface area contributed by atoms with Gasteiger partial charge in [-0.25, -0.2) is 0 Å². The lowest BCUT2D eigenvalue weighted by Crippen LogP contribution is -2.05. The average molecular weight is 328 g/mol. The van der Waals surface area contributed by atoms with E-state index in [9.17, 15) is 0 Å². The number of rotatable bonds is 5. The zero-order valence-electron chi connectivity index (χ0n) is 13.3. The Morgan fingerprint density at radius 3 is 2.65 bits per heavy atom. The van der Waals surface area contributed by atoms with Gasteiger partial charge in [-0.3, -0.25) is 4.68 Å². The van der Waals surface area contributed by atoms with E-state index >= 15 is 0 Å². The van der Waals surface area contributed by atoms with Gasteiger partial charge in [-0.1, -0.05) is 36.4 Å². The third-order valence-electron chi connectivity index (χ3n) is 4.47. The first-order valence-electron chi connectivity index (χ1n) is 8.03. The highest BCUT2D eigenvalue weighted by Gasteiger charge is 2.22. The first-order chi connectivity index (χ1) is 10.8. The lowest BCUT2D eigenvalue weighted by atomic mass is 9.96. The fourth-order valence-electron chi connectivity index (χ4n) is 3.13. The van der Waals surface area contributed by atoms with Crippen LogP contribution in [0.2, 0.25) is 0 Å². The molecular formula is C19H22ClN3.